The summed E-state index contributed by atoms with van der Waals surface area (Å²) in [6.07, 6.45) is 0.997. The van der Waals surface area contributed by atoms with Gasteiger partial charge in [0.15, 0.2) is 0 Å². The van der Waals surface area contributed by atoms with Crippen molar-refractivity contribution < 1.29 is 13.2 Å². The first kappa shape index (κ1) is 15.4. The Labute approximate surface area is 131 Å². The van der Waals surface area contributed by atoms with Crippen LogP contribution in [0.1, 0.15) is 31.2 Å². The molecule has 0 aromatic carbocycles. The standard InChI is InChI=1S/C15H21N3O3S/c1-3-22(20,21)18-8-7-13-14(18)9-15(19)17(13)10-12-6-4-5-11(2)16-12/h4-6,13-14H,3,7-10H2,1-2H3/t13-,14-/m0/s1. The summed E-state index contributed by atoms with van der Waals surface area (Å²) in [5.74, 6) is 0.110. The van der Waals surface area contributed by atoms with Gasteiger partial charge in [0.1, 0.15) is 0 Å². The van der Waals surface area contributed by atoms with Crippen LogP contribution in [0.3, 0.4) is 0 Å². The molecular weight excluding hydrogens is 302 g/mol. The minimum atomic E-state index is -3.24. The van der Waals surface area contributed by atoms with Crippen LogP contribution >= 0.6 is 0 Å². The number of aromatic nitrogens is 1. The van der Waals surface area contributed by atoms with E-state index < -0.39 is 10.0 Å². The van der Waals surface area contributed by atoms with Gasteiger partial charge in [-0.3, -0.25) is 9.78 Å². The number of fused-ring (bicyclic) bond motifs is 1. The Hall–Kier alpha value is -1.47. The molecule has 0 unspecified atom stereocenters. The van der Waals surface area contributed by atoms with Gasteiger partial charge in [-0.05, 0) is 32.4 Å². The molecule has 0 spiro atoms. The summed E-state index contributed by atoms with van der Waals surface area (Å²) in [5.41, 5.74) is 1.77. The third-order valence-corrected chi connectivity index (χ3v) is 6.46. The molecule has 0 bridgehead atoms. The molecule has 0 radical (unpaired) electrons. The van der Waals surface area contributed by atoms with Crippen molar-refractivity contribution in [3.05, 3.63) is 29.6 Å². The third kappa shape index (κ3) is 2.63. The molecule has 0 aliphatic carbocycles. The third-order valence-electron chi connectivity index (χ3n) is 4.56. The molecule has 3 rings (SSSR count). The summed E-state index contributed by atoms with van der Waals surface area (Å²) >= 11 is 0. The summed E-state index contributed by atoms with van der Waals surface area (Å²) in [6, 6.07) is 5.53. The predicted octanol–water partition coefficient (Wildman–Crippen LogP) is 0.915. The molecule has 2 saturated heterocycles. The molecule has 2 atom stereocenters. The van der Waals surface area contributed by atoms with E-state index >= 15 is 0 Å². The Bertz CT molecular complexity index is 689. The number of nitrogens with zero attached hydrogens (tertiary/aromatic N) is 3. The SMILES string of the molecule is CCS(=O)(=O)N1CC[C@H]2[C@@H]1CC(=O)N2Cc1cccc(C)n1. The topological polar surface area (TPSA) is 70.6 Å². The van der Waals surface area contributed by atoms with E-state index in [-0.39, 0.29) is 30.2 Å². The number of carbonyl (C=O) groups is 1. The number of pyridine rings is 1. The van der Waals surface area contributed by atoms with Gasteiger partial charge in [-0.1, -0.05) is 6.07 Å². The number of hydrogen-bond acceptors (Lipinski definition) is 4. The average molecular weight is 323 g/mol. The highest BCUT2D eigenvalue weighted by molar-refractivity contribution is 7.89. The number of amides is 1. The van der Waals surface area contributed by atoms with Gasteiger partial charge >= 0.3 is 0 Å². The van der Waals surface area contributed by atoms with Gasteiger partial charge in [0.05, 0.1) is 30.1 Å². The molecule has 1 aromatic rings. The van der Waals surface area contributed by atoms with Crippen LogP contribution in [0.4, 0.5) is 0 Å². The highest BCUT2D eigenvalue weighted by Crippen LogP contribution is 2.35. The molecule has 0 saturated carbocycles. The van der Waals surface area contributed by atoms with E-state index in [9.17, 15) is 13.2 Å². The number of sulfonamides is 1. The van der Waals surface area contributed by atoms with Gasteiger partial charge in [0, 0.05) is 18.7 Å². The highest BCUT2D eigenvalue weighted by Gasteiger charge is 2.49. The van der Waals surface area contributed by atoms with E-state index in [2.05, 4.69) is 4.98 Å². The van der Waals surface area contributed by atoms with Crippen molar-refractivity contribution in [3.63, 3.8) is 0 Å². The van der Waals surface area contributed by atoms with Crippen LogP contribution < -0.4 is 0 Å². The van der Waals surface area contributed by atoms with Crippen molar-refractivity contribution in [2.45, 2.75) is 45.3 Å². The molecule has 1 amide bonds. The fourth-order valence-corrected chi connectivity index (χ4v) is 4.81. The lowest BCUT2D eigenvalue weighted by molar-refractivity contribution is -0.129. The molecule has 6 nitrogen and oxygen atoms in total. The van der Waals surface area contributed by atoms with Crippen molar-refractivity contribution in [2.24, 2.45) is 0 Å². The van der Waals surface area contributed by atoms with Crippen LogP contribution in [0.15, 0.2) is 18.2 Å². The van der Waals surface area contributed by atoms with E-state index in [1.807, 2.05) is 25.1 Å². The molecule has 2 fully saturated rings. The molecular formula is C15H21N3O3S. The number of carbonyl (C=O) groups excluding carboxylic acids is 1. The van der Waals surface area contributed by atoms with E-state index in [0.29, 0.717) is 19.5 Å². The maximum atomic E-state index is 12.3. The highest BCUT2D eigenvalue weighted by atomic mass is 32.2. The van der Waals surface area contributed by atoms with E-state index in [1.54, 1.807) is 11.8 Å². The van der Waals surface area contributed by atoms with Crippen molar-refractivity contribution in [1.29, 1.82) is 0 Å². The van der Waals surface area contributed by atoms with Crippen molar-refractivity contribution in [2.75, 3.05) is 12.3 Å². The van der Waals surface area contributed by atoms with Crippen LogP contribution in [0.5, 0.6) is 0 Å². The maximum absolute atomic E-state index is 12.3. The second-order valence-electron chi connectivity index (χ2n) is 5.93. The van der Waals surface area contributed by atoms with Gasteiger partial charge in [0.25, 0.3) is 0 Å². The second kappa shape index (κ2) is 5.62. The zero-order valence-electron chi connectivity index (χ0n) is 12.9. The summed E-state index contributed by atoms with van der Waals surface area (Å²) in [7, 11) is -3.24. The van der Waals surface area contributed by atoms with Gasteiger partial charge < -0.3 is 4.90 Å². The summed E-state index contributed by atoms with van der Waals surface area (Å²) < 4.78 is 25.8. The molecule has 1 aromatic heterocycles. The minimum absolute atomic E-state index is 0.0175. The van der Waals surface area contributed by atoms with Crippen LogP contribution in [0.25, 0.3) is 0 Å². The van der Waals surface area contributed by atoms with Gasteiger partial charge in [0.2, 0.25) is 15.9 Å². The van der Waals surface area contributed by atoms with Gasteiger partial charge in [-0.25, -0.2) is 8.42 Å². The minimum Gasteiger partial charge on any atom is -0.332 e. The number of rotatable bonds is 4. The summed E-state index contributed by atoms with van der Waals surface area (Å²) in [6.45, 7) is 4.54. The van der Waals surface area contributed by atoms with Crippen molar-refractivity contribution in [1.82, 2.24) is 14.2 Å². The normalized spacial score (nSPS) is 25.7. The predicted molar refractivity (Wildman–Crippen MR) is 82.5 cm³/mol. The number of aryl methyl sites for hydroxylation is 1. The zero-order valence-corrected chi connectivity index (χ0v) is 13.7. The Morgan fingerprint density at radius 1 is 1.32 bits per heavy atom. The first-order valence-corrected chi connectivity index (χ1v) is 9.25. The molecule has 3 heterocycles. The lowest BCUT2D eigenvalue weighted by Gasteiger charge is -2.24. The maximum Gasteiger partial charge on any atom is 0.224 e. The number of hydrogen-bond donors (Lipinski definition) is 0. The lowest BCUT2D eigenvalue weighted by Crippen LogP contribution is -2.40. The Morgan fingerprint density at radius 3 is 2.77 bits per heavy atom. The zero-order chi connectivity index (χ0) is 15.9. The molecule has 22 heavy (non-hydrogen) atoms. The van der Waals surface area contributed by atoms with E-state index in [0.717, 1.165) is 11.4 Å². The quantitative estimate of drug-likeness (QED) is 0.826. The fourth-order valence-electron chi connectivity index (χ4n) is 3.47. The van der Waals surface area contributed by atoms with Gasteiger partial charge in [-0.2, -0.15) is 4.31 Å². The van der Waals surface area contributed by atoms with Crippen LogP contribution in [0.2, 0.25) is 0 Å². The Balaban J connectivity index is 1.80. The van der Waals surface area contributed by atoms with Crippen LogP contribution in [0, 0.1) is 6.92 Å². The molecule has 0 N–H and O–H groups in total. The lowest BCUT2D eigenvalue weighted by atomic mass is 10.1. The smallest absolute Gasteiger partial charge is 0.224 e. The molecule has 2 aliphatic heterocycles. The summed E-state index contributed by atoms with van der Waals surface area (Å²) in [4.78, 5) is 18.6. The number of likely N-dealkylation sites (tertiary alicyclic amines) is 1. The first-order chi connectivity index (χ1) is 10.4. The average Bonchev–Trinajstić information content (AvgIpc) is 3.00. The fraction of sp³-hybridized carbons (Fsp3) is 0.600. The van der Waals surface area contributed by atoms with E-state index in [1.165, 1.54) is 4.31 Å². The van der Waals surface area contributed by atoms with Crippen LogP contribution in [-0.2, 0) is 21.4 Å². The summed E-state index contributed by atoms with van der Waals surface area (Å²) in [5, 5.41) is 0. The molecule has 120 valence electrons. The van der Waals surface area contributed by atoms with Crippen molar-refractivity contribution in [3.8, 4) is 0 Å². The van der Waals surface area contributed by atoms with E-state index in [4.69, 9.17) is 0 Å². The molecule has 7 heteroatoms. The Morgan fingerprint density at radius 2 is 2.09 bits per heavy atom. The molecule has 2 aliphatic rings. The first-order valence-electron chi connectivity index (χ1n) is 7.64. The van der Waals surface area contributed by atoms with Gasteiger partial charge in [-0.15, -0.1) is 0 Å². The Kier molecular flexibility index (Phi) is 3.94. The second-order valence-corrected chi connectivity index (χ2v) is 8.14. The van der Waals surface area contributed by atoms with Crippen molar-refractivity contribution >= 4 is 15.9 Å². The monoisotopic (exact) mass is 323 g/mol. The largest absolute Gasteiger partial charge is 0.332 e. The van der Waals surface area contributed by atoms with Crippen LogP contribution in [-0.4, -0.2) is 52.9 Å².